The molecule has 0 saturated heterocycles. The number of benzene rings is 2. The molecule has 2 aromatic carbocycles. The topological polar surface area (TPSA) is 74.7 Å². The molecule has 1 N–H and O–H groups in total. The first-order chi connectivity index (χ1) is 13.7. The average Bonchev–Trinajstić information content (AvgIpc) is 2.70. The third-order valence-electron chi connectivity index (χ3n) is 3.90. The molecule has 0 aliphatic rings. The minimum Gasteiger partial charge on any atom is -0.487 e. The van der Waals surface area contributed by atoms with E-state index in [-0.39, 0.29) is 0 Å². The van der Waals surface area contributed by atoms with E-state index in [9.17, 15) is 0 Å². The van der Waals surface area contributed by atoms with Gasteiger partial charge < -0.3 is 24.3 Å². The summed E-state index contributed by atoms with van der Waals surface area (Å²) in [6.07, 6.45) is 1.52. The lowest BCUT2D eigenvalue weighted by Crippen LogP contribution is -2.09. The first-order valence-corrected chi connectivity index (χ1v) is 9.55. The maximum atomic E-state index is 5.86. The van der Waals surface area contributed by atoms with Gasteiger partial charge in [0.2, 0.25) is 0 Å². The summed E-state index contributed by atoms with van der Waals surface area (Å²) in [6.45, 7) is 1.78. The molecule has 0 fully saturated rings. The van der Waals surface area contributed by atoms with E-state index in [0.29, 0.717) is 43.7 Å². The summed E-state index contributed by atoms with van der Waals surface area (Å²) in [5, 5.41) is 4.16. The Bertz CT molecular complexity index is 906. The van der Waals surface area contributed by atoms with Crippen molar-refractivity contribution in [3.8, 4) is 11.5 Å². The molecule has 3 aromatic rings. The molecule has 0 amide bonds. The van der Waals surface area contributed by atoms with E-state index in [1.54, 1.807) is 14.2 Å². The highest BCUT2D eigenvalue weighted by Crippen LogP contribution is 2.35. The molecule has 0 bridgehead atoms. The highest BCUT2D eigenvalue weighted by molar-refractivity contribution is 9.10. The van der Waals surface area contributed by atoms with Gasteiger partial charge in [-0.3, -0.25) is 0 Å². The van der Waals surface area contributed by atoms with Crippen LogP contribution in [0.3, 0.4) is 0 Å². The van der Waals surface area contributed by atoms with E-state index < -0.39 is 0 Å². The molecule has 0 saturated carbocycles. The van der Waals surface area contributed by atoms with Gasteiger partial charge in [0.15, 0.2) is 11.5 Å². The standard InChI is InChI=1S/C20H22BrN3O4/c1-25-7-9-27-18-11-16-17(12-19(18)28-10-8-26-2)22-13-23-20(16)24-15-5-3-14(21)4-6-15/h3-6,11-13H,7-10H2,1-2H3,(H,22,23,24). The highest BCUT2D eigenvalue weighted by atomic mass is 79.9. The first-order valence-electron chi connectivity index (χ1n) is 8.76. The summed E-state index contributed by atoms with van der Waals surface area (Å²) in [5.41, 5.74) is 1.67. The summed E-state index contributed by atoms with van der Waals surface area (Å²) in [5.74, 6) is 1.90. The number of hydrogen-bond donors (Lipinski definition) is 1. The van der Waals surface area contributed by atoms with E-state index in [4.69, 9.17) is 18.9 Å². The normalized spacial score (nSPS) is 10.8. The molecular formula is C20H22BrN3O4. The van der Waals surface area contributed by atoms with Crippen molar-refractivity contribution in [3.63, 3.8) is 0 Å². The van der Waals surface area contributed by atoms with Crippen LogP contribution in [-0.4, -0.2) is 50.6 Å². The van der Waals surface area contributed by atoms with Crippen molar-refractivity contribution < 1.29 is 18.9 Å². The fourth-order valence-corrected chi connectivity index (χ4v) is 2.79. The van der Waals surface area contributed by atoms with Gasteiger partial charge in [0, 0.05) is 35.8 Å². The molecule has 148 valence electrons. The van der Waals surface area contributed by atoms with Gasteiger partial charge >= 0.3 is 0 Å². The lowest BCUT2D eigenvalue weighted by molar-refractivity contribution is 0.132. The number of aromatic nitrogens is 2. The number of methoxy groups -OCH3 is 2. The summed E-state index contributed by atoms with van der Waals surface area (Å²) < 4.78 is 22.8. The molecule has 3 rings (SSSR count). The van der Waals surface area contributed by atoms with Crippen molar-refractivity contribution in [2.45, 2.75) is 0 Å². The molecule has 0 aliphatic carbocycles. The first kappa shape index (κ1) is 20.3. The van der Waals surface area contributed by atoms with Gasteiger partial charge in [-0.2, -0.15) is 0 Å². The molecule has 0 spiro atoms. The smallest absolute Gasteiger partial charge is 0.163 e. The summed E-state index contributed by atoms with van der Waals surface area (Å²) >= 11 is 3.44. The number of hydrogen-bond acceptors (Lipinski definition) is 7. The Labute approximate surface area is 172 Å². The molecular weight excluding hydrogens is 426 g/mol. The van der Waals surface area contributed by atoms with E-state index >= 15 is 0 Å². The summed E-state index contributed by atoms with van der Waals surface area (Å²) in [6, 6.07) is 11.6. The average molecular weight is 448 g/mol. The molecule has 8 heteroatoms. The van der Waals surface area contributed by atoms with E-state index in [0.717, 1.165) is 21.1 Å². The SMILES string of the molecule is COCCOc1cc2ncnc(Nc3ccc(Br)cc3)c2cc1OCCOC. The number of nitrogens with zero attached hydrogens (tertiary/aromatic N) is 2. The van der Waals surface area contributed by atoms with Crippen molar-refractivity contribution >= 4 is 38.3 Å². The molecule has 0 unspecified atom stereocenters. The third-order valence-corrected chi connectivity index (χ3v) is 4.43. The van der Waals surface area contributed by atoms with Crippen LogP contribution in [-0.2, 0) is 9.47 Å². The largest absolute Gasteiger partial charge is 0.487 e. The fraction of sp³-hybridized carbons (Fsp3) is 0.300. The summed E-state index contributed by atoms with van der Waals surface area (Å²) in [4.78, 5) is 8.77. The molecule has 0 radical (unpaired) electrons. The minimum absolute atomic E-state index is 0.409. The minimum atomic E-state index is 0.409. The molecule has 7 nitrogen and oxygen atoms in total. The summed E-state index contributed by atoms with van der Waals surface area (Å²) in [7, 11) is 3.26. The maximum absolute atomic E-state index is 5.86. The van der Waals surface area contributed by atoms with Crippen LogP contribution < -0.4 is 14.8 Å². The number of halogens is 1. The maximum Gasteiger partial charge on any atom is 0.163 e. The number of rotatable bonds is 10. The van der Waals surface area contributed by atoms with Crippen molar-refractivity contribution in [2.24, 2.45) is 0 Å². The molecule has 28 heavy (non-hydrogen) atoms. The van der Waals surface area contributed by atoms with Crippen LogP contribution in [0.4, 0.5) is 11.5 Å². The van der Waals surface area contributed by atoms with Gasteiger partial charge in [0.25, 0.3) is 0 Å². The molecule has 1 heterocycles. The van der Waals surface area contributed by atoms with Crippen molar-refractivity contribution in [2.75, 3.05) is 46.0 Å². The second kappa shape index (κ2) is 10.2. The Morgan fingerprint density at radius 1 is 0.857 bits per heavy atom. The van der Waals surface area contributed by atoms with Gasteiger partial charge in [-0.05, 0) is 30.3 Å². The van der Waals surface area contributed by atoms with E-state index in [2.05, 4.69) is 31.2 Å². The Kier molecular flexibility index (Phi) is 7.41. The van der Waals surface area contributed by atoms with Gasteiger partial charge in [-0.25, -0.2) is 9.97 Å². The van der Waals surface area contributed by atoms with Crippen molar-refractivity contribution in [1.82, 2.24) is 9.97 Å². The van der Waals surface area contributed by atoms with Crippen LogP contribution in [0.1, 0.15) is 0 Å². The van der Waals surface area contributed by atoms with E-state index in [1.165, 1.54) is 6.33 Å². The van der Waals surface area contributed by atoms with Crippen LogP contribution >= 0.6 is 15.9 Å². The van der Waals surface area contributed by atoms with Crippen LogP contribution in [0.5, 0.6) is 11.5 Å². The lowest BCUT2D eigenvalue weighted by atomic mass is 10.2. The zero-order chi connectivity index (χ0) is 19.8. The molecule has 1 aromatic heterocycles. The number of ether oxygens (including phenoxy) is 4. The van der Waals surface area contributed by atoms with Crippen LogP contribution in [0.15, 0.2) is 47.2 Å². The van der Waals surface area contributed by atoms with Crippen LogP contribution in [0, 0.1) is 0 Å². The van der Waals surface area contributed by atoms with Crippen molar-refractivity contribution in [1.29, 1.82) is 0 Å². The zero-order valence-corrected chi connectivity index (χ0v) is 17.4. The molecule has 0 atom stereocenters. The van der Waals surface area contributed by atoms with Crippen LogP contribution in [0.2, 0.25) is 0 Å². The third kappa shape index (κ3) is 5.31. The second-order valence-electron chi connectivity index (χ2n) is 5.85. The van der Waals surface area contributed by atoms with Gasteiger partial charge in [0.05, 0.1) is 18.7 Å². The second-order valence-corrected chi connectivity index (χ2v) is 6.77. The van der Waals surface area contributed by atoms with E-state index in [1.807, 2.05) is 36.4 Å². The fourth-order valence-electron chi connectivity index (χ4n) is 2.53. The quantitative estimate of drug-likeness (QED) is 0.467. The number of nitrogens with one attached hydrogen (secondary N) is 1. The van der Waals surface area contributed by atoms with Gasteiger partial charge in [-0.1, -0.05) is 15.9 Å². The Morgan fingerprint density at radius 2 is 1.50 bits per heavy atom. The zero-order valence-electron chi connectivity index (χ0n) is 15.8. The number of fused-ring (bicyclic) bond motifs is 1. The predicted octanol–water partition coefficient (Wildman–Crippen LogP) is 4.19. The molecule has 0 aliphatic heterocycles. The Balaban J connectivity index is 1.94. The monoisotopic (exact) mass is 447 g/mol. The number of anilines is 2. The Morgan fingerprint density at radius 3 is 2.14 bits per heavy atom. The highest BCUT2D eigenvalue weighted by Gasteiger charge is 2.13. The predicted molar refractivity (Wildman–Crippen MR) is 112 cm³/mol. The van der Waals surface area contributed by atoms with Crippen LogP contribution in [0.25, 0.3) is 10.9 Å². The Hall–Kier alpha value is -2.42. The van der Waals surface area contributed by atoms with Gasteiger partial charge in [0.1, 0.15) is 25.4 Å². The van der Waals surface area contributed by atoms with Crippen molar-refractivity contribution in [3.05, 3.63) is 47.2 Å². The van der Waals surface area contributed by atoms with Gasteiger partial charge in [-0.15, -0.1) is 0 Å². The lowest BCUT2D eigenvalue weighted by Gasteiger charge is -2.15.